The molecule has 1 aromatic heterocycles. The van der Waals surface area contributed by atoms with E-state index in [9.17, 15) is 4.39 Å². The molecule has 1 aromatic carbocycles. The Morgan fingerprint density at radius 1 is 1.15 bits per heavy atom. The summed E-state index contributed by atoms with van der Waals surface area (Å²) in [6.07, 6.45) is 1.48. The molecule has 3 rings (SSSR count). The van der Waals surface area contributed by atoms with Crippen molar-refractivity contribution in [1.29, 1.82) is 0 Å². The molecule has 5 nitrogen and oxygen atoms in total. The molecule has 0 amide bonds. The van der Waals surface area contributed by atoms with Crippen molar-refractivity contribution in [3.05, 3.63) is 42.5 Å². The lowest BCUT2D eigenvalue weighted by molar-refractivity contribution is 0.122. The van der Waals surface area contributed by atoms with Crippen LogP contribution in [0.25, 0.3) is 0 Å². The minimum Gasteiger partial charge on any atom is -0.378 e. The zero-order chi connectivity index (χ0) is 13.8. The first-order valence-electron chi connectivity index (χ1n) is 6.49. The van der Waals surface area contributed by atoms with Gasteiger partial charge in [-0.25, -0.2) is 14.4 Å². The predicted octanol–water partition coefficient (Wildman–Crippen LogP) is 2.20. The Balaban J connectivity index is 1.79. The highest BCUT2D eigenvalue weighted by Gasteiger charge is 2.13. The molecule has 2 heterocycles. The minimum atomic E-state index is -0.306. The lowest BCUT2D eigenvalue weighted by Gasteiger charge is -2.27. The normalized spacial score (nSPS) is 15.2. The zero-order valence-electron chi connectivity index (χ0n) is 10.9. The van der Waals surface area contributed by atoms with Gasteiger partial charge in [-0.3, -0.25) is 0 Å². The number of morpholine rings is 1. The molecular weight excluding hydrogens is 259 g/mol. The molecule has 1 N–H and O–H groups in total. The maximum absolute atomic E-state index is 13.6. The molecule has 1 aliphatic rings. The van der Waals surface area contributed by atoms with E-state index in [2.05, 4.69) is 20.2 Å². The molecule has 20 heavy (non-hydrogen) atoms. The molecule has 0 atom stereocenters. The molecule has 104 valence electrons. The van der Waals surface area contributed by atoms with Crippen LogP contribution < -0.4 is 10.2 Å². The molecule has 0 bridgehead atoms. The van der Waals surface area contributed by atoms with Crippen LogP contribution in [0.4, 0.5) is 21.7 Å². The fourth-order valence-corrected chi connectivity index (χ4v) is 2.08. The predicted molar refractivity (Wildman–Crippen MR) is 74.7 cm³/mol. The Morgan fingerprint density at radius 3 is 2.75 bits per heavy atom. The van der Waals surface area contributed by atoms with Gasteiger partial charge in [0.2, 0.25) is 0 Å². The van der Waals surface area contributed by atoms with E-state index in [1.165, 1.54) is 12.4 Å². The van der Waals surface area contributed by atoms with Gasteiger partial charge in [-0.05, 0) is 12.1 Å². The summed E-state index contributed by atoms with van der Waals surface area (Å²) >= 11 is 0. The van der Waals surface area contributed by atoms with E-state index in [0.29, 0.717) is 24.7 Å². The number of hydrogen-bond acceptors (Lipinski definition) is 5. The third-order valence-electron chi connectivity index (χ3n) is 3.12. The molecule has 1 saturated heterocycles. The summed E-state index contributed by atoms with van der Waals surface area (Å²) in [4.78, 5) is 10.5. The molecule has 0 unspecified atom stereocenters. The number of aromatic nitrogens is 2. The SMILES string of the molecule is Fc1ccccc1Nc1cc(N2CCOCC2)ncn1. The summed E-state index contributed by atoms with van der Waals surface area (Å²) in [7, 11) is 0. The monoisotopic (exact) mass is 274 g/mol. The third-order valence-corrected chi connectivity index (χ3v) is 3.12. The number of hydrogen-bond donors (Lipinski definition) is 1. The van der Waals surface area contributed by atoms with Crippen LogP contribution in [0, 0.1) is 5.82 Å². The summed E-state index contributed by atoms with van der Waals surface area (Å²) in [5.74, 6) is 1.09. The average Bonchev–Trinajstić information content (AvgIpc) is 2.51. The molecule has 0 saturated carbocycles. The van der Waals surface area contributed by atoms with E-state index in [1.807, 2.05) is 6.07 Å². The Morgan fingerprint density at radius 2 is 1.95 bits per heavy atom. The highest BCUT2D eigenvalue weighted by atomic mass is 19.1. The quantitative estimate of drug-likeness (QED) is 0.929. The summed E-state index contributed by atoms with van der Waals surface area (Å²) < 4.78 is 18.9. The number of benzene rings is 1. The van der Waals surface area contributed by atoms with Crippen molar-refractivity contribution < 1.29 is 9.13 Å². The first kappa shape index (κ1) is 12.8. The van der Waals surface area contributed by atoms with Crippen molar-refractivity contribution >= 4 is 17.3 Å². The van der Waals surface area contributed by atoms with Gasteiger partial charge in [0.1, 0.15) is 23.8 Å². The average molecular weight is 274 g/mol. The fraction of sp³-hybridized carbons (Fsp3) is 0.286. The van der Waals surface area contributed by atoms with Gasteiger partial charge in [0.25, 0.3) is 0 Å². The van der Waals surface area contributed by atoms with Crippen molar-refractivity contribution in [3.63, 3.8) is 0 Å². The fourth-order valence-electron chi connectivity index (χ4n) is 2.08. The standard InChI is InChI=1S/C14H15FN4O/c15-11-3-1-2-4-12(11)18-13-9-14(17-10-16-13)19-5-7-20-8-6-19/h1-4,9-10H,5-8H2,(H,16,17,18). The van der Waals surface area contributed by atoms with Crippen LogP contribution >= 0.6 is 0 Å². The topological polar surface area (TPSA) is 50.3 Å². The number of para-hydroxylation sites is 1. The van der Waals surface area contributed by atoms with Crippen molar-refractivity contribution in [2.24, 2.45) is 0 Å². The Kier molecular flexibility index (Phi) is 3.73. The van der Waals surface area contributed by atoms with E-state index < -0.39 is 0 Å². The number of anilines is 3. The van der Waals surface area contributed by atoms with Crippen LogP contribution in [0.15, 0.2) is 36.7 Å². The number of nitrogens with zero attached hydrogens (tertiary/aromatic N) is 3. The summed E-state index contributed by atoms with van der Waals surface area (Å²) in [6.45, 7) is 2.99. The highest BCUT2D eigenvalue weighted by Crippen LogP contribution is 2.21. The zero-order valence-corrected chi connectivity index (χ0v) is 10.9. The van der Waals surface area contributed by atoms with Crippen molar-refractivity contribution in [2.45, 2.75) is 0 Å². The molecule has 6 heteroatoms. The lowest BCUT2D eigenvalue weighted by atomic mass is 10.3. The van der Waals surface area contributed by atoms with Gasteiger partial charge in [0.15, 0.2) is 0 Å². The molecule has 1 fully saturated rings. The van der Waals surface area contributed by atoms with E-state index >= 15 is 0 Å². The largest absolute Gasteiger partial charge is 0.378 e. The second-order valence-electron chi connectivity index (χ2n) is 4.47. The van der Waals surface area contributed by atoms with E-state index in [0.717, 1.165) is 18.9 Å². The molecular formula is C14H15FN4O. The van der Waals surface area contributed by atoms with Gasteiger partial charge in [-0.2, -0.15) is 0 Å². The van der Waals surface area contributed by atoms with Crippen LogP contribution in [0.2, 0.25) is 0 Å². The van der Waals surface area contributed by atoms with Crippen LogP contribution in [-0.4, -0.2) is 36.3 Å². The number of rotatable bonds is 3. The molecule has 2 aromatic rings. The summed E-state index contributed by atoms with van der Waals surface area (Å²) in [5.41, 5.74) is 0.402. The Labute approximate surface area is 116 Å². The summed E-state index contributed by atoms with van der Waals surface area (Å²) in [6, 6.07) is 8.32. The molecule has 0 spiro atoms. The van der Waals surface area contributed by atoms with E-state index in [-0.39, 0.29) is 5.82 Å². The van der Waals surface area contributed by atoms with Gasteiger partial charge in [0.05, 0.1) is 18.9 Å². The second kappa shape index (κ2) is 5.83. The van der Waals surface area contributed by atoms with Gasteiger partial charge < -0.3 is 15.0 Å². The number of ether oxygens (including phenoxy) is 1. The Hall–Kier alpha value is -2.21. The maximum Gasteiger partial charge on any atom is 0.146 e. The van der Waals surface area contributed by atoms with Crippen LogP contribution in [0.1, 0.15) is 0 Å². The minimum absolute atomic E-state index is 0.306. The van der Waals surface area contributed by atoms with Gasteiger partial charge >= 0.3 is 0 Å². The summed E-state index contributed by atoms with van der Waals surface area (Å²) in [5, 5.41) is 2.97. The number of halogens is 1. The Bertz CT molecular complexity index is 587. The van der Waals surface area contributed by atoms with Gasteiger partial charge in [-0.1, -0.05) is 12.1 Å². The van der Waals surface area contributed by atoms with E-state index in [1.54, 1.807) is 18.2 Å². The van der Waals surface area contributed by atoms with Crippen molar-refractivity contribution in [2.75, 3.05) is 36.5 Å². The van der Waals surface area contributed by atoms with Crippen LogP contribution in [0.5, 0.6) is 0 Å². The van der Waals surface area contributed by atoms with Crippen molar-refractivity contribution in [1.82, 2.24) is 9.97 Å². The first-order valence-corrected chi connectivity index (χ1v) is 6.49. The van der Waals surface area contributed by atoms with Crippen molar-refractivity contribution in [3.8, 4) is 0 Å². The molecule has 0 aliphatic carbocycles. The first-order chi connectivity index (χ1) is 9.83. The maximum atomic E-state index is 13.6. The van der Waals surface area contributed by atoms with Crippen LogP contribution in [0.3, 0.4) is 0 Å². The third kappa shape index (κ3) is 2.85. The number of nitrogens with one attached hydrogen (secondary N) is 1. The lowest BCUT2D eigenvalue weighted by Crippen LogP contribution is -2.36. The smallest absolute Gasteiger partial charge is 0.146 e. The van der Waals surface area contributed by atoms with Crippen LogP contribution in [-0.2, 0) is 4.74 Å². The van der Waals surface area contributed by atoms with Gasteiger partial charge in [-0.15, -0.1) is 0 Å². The second-order valence-corrected chi connectivity index (χ2v) is 4.47. The highest BCUT2D eigenvalue weighted by molar-refractivity contribution is 5.59. The van der Waals surface area contributed by atoms with Gasteiger partial charge in [0, 0.05) is 19.2 Å². The molecule has 1 aliphatic heterocycles. The molecule has 0 radical (unpaired) electrons. The van der Waals surface area contributed by atoms with E-state index in [4.69, 9.17) is 4.74 Å².